The molecule has 2 aromatic heterocycles. The summed E-state index contributed by atoms with van der Waals surface area (Å²) in [6, 6.07) is 6.16. The lowest BCUT2D eigenvalue weighted by Gasteiger charge is -2.28. The van der Waals surface area contributed by atoms with Crippen LogP contribution in [0.4, 0.5) is 0 Å². The first kappa shape index (κ1) is 58.8. The zero-order valence-corrected chi connectivity index (χ0v) is 42.7. The van der Waals surface area contributed by atoms with Gasteiger partial charge in [-0.1, -0.05) is 48.5 Å². The Morgan fingerprint density at radius 2 is 1.32 bits per heavy atom. The third-order valence-electron chi connectivity index (χ3n) is 12.5. The highest BCUT2D eigenvalue weighted by atomic mass is 16.2. The Morgan fingerprint density at radius 3 is 1.99 bits per heavy atom. The first-order valence-corrected chi connectivity index (χ1v) is 25.2. The van der Waals surface area contributed by atoms with E-state index >= 15 is 0 Å². The van der Waals surface area contributed by atoms with Gasteiger partial charge >= 0.3 is 0 Å². The normalized spacial score (nSPS) is 20.8. The van der Waals surface area contributed by atoms with E-state index < -0.39 is 102 Å². The molecule has 0 radical (unpaired) electrons. The minimum absolute atomic E-state index is 0.00874. The zero-order chi connectivity index (χ0) is 55.9. The number of aromatic nitrogens is 3. The number of benzene rings is 2. The number of aromatic amines is 2. The van der Waals surface area contributed by atoms with Crippen LogP contribution in [0, 0.1) is 10.8 Å². The lowest BCUT2D eigenvalue weighted by atomic mass is 10.0. The number of primary amides is 1. The number of imidazole rings is 1. The molecule has 0 saturated carbocycles. The Balaban J connectivity index is 1.54. The molecular formula is C50H70N18O9. The number of para-hydroxylation sites is 1. The van der Waals surface area contributed by atoms with Crippen molar-refractivity contribution in [3.05, 3.63) is 90.1 Å². The number of H-pyrrole nitrogens is 2. The van der Waals surface area contributed by atoms with Crippen molar-refractivity contribution in [2.45, 2.75) is 120 Å². The highest BCUT2D eigenvalue weighted by Gasteiger charge is 2.35. The molecular weight excluding hydrogens is 997 g/mol. The summed E-state index contributed by atoms with van der Waals surface area (Å²) in [4.78, 5) is 136. The molecule has 1 saturated heterocycles. The van der Waals surface area contributed by atoms with Crippen molar-refractivity contribution in [3.63, 3.8) is 0 Å². The Kier molecular flexibility index (Phi) is 22.7. The van der Waals surface area contributed by atoms with Gasteiger partial charge in [0.15, 0.2) is 11.9 Å². The number of carbonyl (C=O) groups excluding carboxylic acids is 9. The predicted octanol–water partition coefficient (Wildman–Crippen LogP) is -2.97. The molecule has 1 fully saturated rings. The van der Waals surface area contributed by atoms with E-state index in [0.29, 0.717) is 16.8 Å². The minimum atomic E-state index is -1.66. The van der Waals surface area contributed by atoms with E-state index in [-0.39, 0.29) is 95.8 Å². The molecule has 414 valence electrons. The van der Waals surface area contributed by atoms with Crippen molar-refractivity contribution < 1.29 is 43.2 Å². The van der Waals surface area contributed by atoms with E-state index in [9.17, 15) is 43.2 Å². The van der Waals surface area contributed by atoms with E-state index in [2.05, 4.69) is 68.1 Å². The summed E-state index contributed by atoms with van der Waals surface area (Å²) < 4.78 is 0. The highest BCUT2D eigenvalue weighted by Crippen LogP contribution is 2.20. The van der Waals surface area contributed by atoms with Crippen molar-refractivity contribution in [1.82, 2.24) is 68.1 Å². The van der Waals surface area contributed by atoms with E-state index in [1.165, 1.54) is 19.4 Å². The number of nitrogens with zero attached hydrogens (tertiary/aromatic N) is 1. The molecule has 0 unspecified atom stereocenters. The van der Waals surface area contributed by atoms with Gasteiger partial charge in [0.1, 0.15) is 42.3 Å². The maximum Gasteiger partial charge on any atom is 0.243 e. The molecule has 3 heterocycles. The molecule has 20 N–H and O–H groups in total. The van der Waals surface area contributed by atoms with Gasteiger partial charge in [-0.15, -0.1) is 0 Å². The second-order valence-corrected chi connectivity index (χ2v) is 18.6. The van der Waals surface area contributed by atoms with Crippen LogP contribution in [0.1, 0.15) is 75.1 Å². The van der Waals surface area contributed by atoms with Crippen LogP contribution in [0.25, 0.3) is 10.9 Å². The number of carbonyl (C=O) groups is 9. The number of nitrogens with two attached hydrogens (primary N) is 3. The summed E-state index contributed by atoms with van der Waals surface area (Å²) in [5.41, 5.74) is 19.0. The van der Waals surface area contributed by atoms with Crippen molar-refractivity contribution >= 4 is 76.0 Å². The molecule has 27 nitrogen and oxygen atoms in total. The number of hydrogen-bond acceptors (Lipinski definition) is 12. The highest BCUT2D eigenvalue weighted by molar-refractivity contribution is 5.99. The topological polar surface area (TPSA) is 444 Å². The van der Waals surface area contributed by atoms with Crippen LogP contribution in [0.5, 0.6) is 0 Å². The number of rotatable bonds is 18. The fourth-order valence-corrected chi connectivity index (χ4v) is 8.54. The molecule has 0 bridgehead atoms. The summed E-state index contributed by atoms with van der Waals surface area (Å²) >= 11 is 0. The van der Waals surface area contributed by atoms with Gasteiger partial charge in [0.2, 0.25) is 53.2 Å². The van der Waals surface area contributed by atoms with Crippen LogP contribution in [-0.4, -0.2) is 142 Å². The molecule has 9 amide bonds. The maximum atomic E-state index is 14.7. The van der Waals surface area contributed by atoms with Gasteiger partial charge in [-0.2, -0.15) is 0 Å². The minimum Gasteiger partial charge on any atom is -0.370 e. The molecule has 1 aliphatic rings. The summed E-state index contributed by atoms with van der Waals surface area (Å²) in [6.45, 7) is 1.48. The van der Waals surface area contributed by atoms with Crippen molar-refractivity contribution in [3.8, 4) is 0 Å². The van der Waals surface area contributed by atoms with Gasteiger partial charge in [-0.3, -0.25) is 54.0 Å². The summed E-state index contributed by atoms with van der Waals surface area (Å²) in [6.07, 6.45) is 4.27. The Hall–Kier alpha value is -9.04. The van der Waals surface area contributed by atoms with Crippen molar-refractivity contribution in [2.75, 3.05) is 19.6 Å². The standard InChI is InChI=1S/C50H70N18O9/c1-28(69)62-35(16-9-19-58-49(52)53)43(72)68-40-24-41(70)57-18-8-7-15-34(42(51)71)63-46(75)38(22-30-25-60-33-14-6-5-13-32(30)33)66-44(73)36(17-10-20-59-50(54)55)64-45(74)37(21-29-11-3-2-4-12-29)65-47(76)39(67-48(40)77)23-31-26-56-27-61-31/h2-6,11-14,25-27,34-40,60H,7-10,15-24H2,1H3,(H2,51,71)(H,56,61)(H,57,70)(H,62,69)(H,63,75)(H,64,74)(H,65,76)(H,66,73)(H,67,77)(H,68,72)(H4,52,53,58)(H4,54,55,59)/t34-,35-,36-,37+,38-,39-,40-/m0/s1. The molecule has 2 aromatic carbocycles. The number of hydrogen-bond donors (Lipinski definition) is 17. The Bertz CT molecular complexity index is 2700. The summed E-state index contributed by atoms with van der Waals surface area (Å²) in [5.74, 6) is -7.95. The molecule has 4 aromatic rings. The SMILES string of the molecule is CC(=O)N[C@@H](CCCNC(=N)N)C(=O)N[C@H]1CC(=O)NCCCC[C@@H](C(N)=O)NC(=O)[C@H](Cc2c[nH]c3ccccc23)NC(=O)[C@H](CCCNC(=N)N)NC(=O)[C@@H](Cc2ccccc2)NC(=O)[C@H](Cc2c[nH]cn2)NC1=O. The number of amides is 9. The predicted molar refractivity (Wildman–Crippen MR) is 283 cm³/mol. The third-order valence-corrected chi connectivity index (χ3v) is 12.5. The lowest BCUT2D eigenvalue weighted by Crippen LogP contribution is -2.61. The summed E-state index contributed by atoms with van der Waals surface area (Å²) in [7, 11) is 0. The largest absolute Gasteiger partial charge is 0.370 e. The van der Waals surface area contributed by atoms with E-state index in [0.717, 1.165) is 10.9 Å². The van der Waals surface area contributed by atoms with Gasteiger partial charge in [0, 0.05) is 69.1 Å². The second-order valence-electron chi connectivity index (χ2n) is 18.6. The average molecular weight is 1070 g/mol. The van der Waals surface area contributed by atoms with Gasteiger partial charge < -0.3 is 80.3 Å². The third kappa shape index (κ3) is 19.6. The first-order chi connectivity index (χ1) is 36.9. The van der Waals surface area contributed by atoms with Crippen LogP contribution in [0.2, 0.25) is 0 Å². The van der Waals surface area contributed by atoms with Gasteiger partial charge in [-0.25, -0.2) is 4.98 Å². The fraction of sp³-hybridized carbons (Fsp3) is 0.440. The zero-order valence-electron chi connectivity index (χ0n) is 42.7. The Morgan fingerprint density at radius 1 is 0.714 bits per heavy atom. The number of fused-ring (bicyclic) bond motifs is 1. The van der Waals surface area contributed by atoms with E-state index in [1.54, 1.807) is 36.5 Å². The van der Waals surface area contributed by atoms with Gasteiger partial charge in [0.25, 0.3) is 0 Å². The van der Waals surface area contributed by atoms with Crippen molar-refractivity contribution in [1.29, 1.82) is 10.8 Å². The van der Waals surface area contributed by atoms with Gasteiger partial charge in [-0.05, 0) is 62.1 Å². The maximum absolute atomic E-state index is 14.7. The van der Waals surface area contributed by atoms with E-state index in [4.69, 9.17) is 28.0 Å². The van der Waals surface area contributed by atoms with Crippen LogP contribution >= 0.6 is 0 Å². The monoisotopic (exact) mass is 1070 g/mol. The number of nitrogens with one attached hydrogen (secondary N) is 14. The Labute approximate surface area is 443 Å². The van der Waals surface area contributed by atoms with Crippen LogP contribution in [-0.2, 0) is 62.4 Å². The molecule has 77 heavy (non-hydrogen) atoms. The average Bonchev–Trinajstić information content (AvgIpc) is 4.07. The van der Waals surface area contributed by atoms with Crippen LogP contribution in [0.15, 0.2) is 73.3 Å². The molecule has 27 heteroatoms. The van der Waals surface area contributed by atoms with Crippen molar-refractivity contribution in [2.24, 2.45) is 17.2 Å². The molecule has 1 aliphatic heterocycles. The molecule has 0 aliphatic carbocycles. The lowest BCUT2D eigenvalue weighted by molar-refractivity contribution is -0.136. The summed E-state index contributed by atoms with van der Waals surface area (Å²) in [5, 5.41) is 42.5. The molecule has 0 spiro atoms. The van der Waals surface area contributed by atoms with Crippen LogP contribution < -0.4 is 70.4 Å². The quantitative estimate of drug-likeness (QED) is 0.0269. The first-order valence-electron chi connectivity index (χ1n) is 25.2. The smallest absolute Gasteiger partial charge is 0.243 e. The van der Waals surface area contributed by atoms with Gasteiger partial charge in [0.05, 0.1) is 18.4 Å². The van der Waals surface area contributed by atoms with Crippen LogP contribution in [0.3, 0.4) is 0 Å². The number of guanidine groups is 2. The molecule has 5 rings (SSSR count). The molecule has 7 atom stereocenters. The second kappa shape index (κ2) is 29.7. The van der Waals surface area contributed by atoms with E-state index in [1.807, 2.05) is 24.3 Å². The fourth-order valence-electron chi connectivity index (χ4n) is 8.54.